The van der Waals surface area contributed by atoms with E-state index >= 15 is 4.39 Å². The predicted molar refractivity (Wildman–Crippen MR) is 152 cm³/mol. The summed E-state index contributed by atoms with van der Waals surface area (Å²) < 4.78 is 15.9. The average Bonchev–Trinajstić information content (AvgIpc) is 3.49. The van der Waals surface area contributed by atoms with E-state index in [1.807, 2.05) is 6.07 Å². The van der Waals surface area contributed by atoms with Gasteiger partial charge in [-0.05, 0) is 60.7 Å². The Morgan fingerprint density at radius 3 is 2.73 bits per heavy atom. The normalized spacial score (nSPS) is 27.0. The smallest absolute Gasteiger partial charge is 0.335 e. The first-order valence-corrected chi connectivity index (χ1v) is 14.0. The van der Waals surface area contributed by atoms with Gasteiger partial charge in [-0.15, -0.1) is 0 Å². The standard InChI is InChI=1S/C30H25Cl2FN4O3/c31-16-7-8-19-23(11-16)36-29(40)30(19)25(17-2-1-3-20(32)26(17)33)27-24(37(30)13-14-4-5-14)12-22(35-27)18-10-15(28(38)39)6-9-21(18)34/h1-3,6-11,14,24-25,27H,4-5,12-13,34H2,(H,36,40)(H,38,39)/t24-,25-,27+,30+/m0/s1. The summed E-state index contributed by atoms with van der Waals surface area (Å²) in [5.41, 5.74) is 8.45. The number of anilines is 2. The van der Waals surface area contributed by atoms with Gasteiger partial charge in [-0.2, -0.15) is 0 Å². The summed E-state index contributed by atoms with van der Waals surface area (Å²) >= 11 is 12.6. The number of aromatic carboxylic acids is 1. The zero-order valence-corrected chi connectivity index (χ0v) is 22.7. The number of benzene rings is 3. The number of halogens is 3. The number of hydrogen-bond donors (Lipinski definition) is 3. The molecule has 10 heteroatoms. The number of nitrogens with zero attached hydrogens (tertiary/aromatic N) is 2. The molecule has 3 aliphatic heterocycles. The summed E-state index contributed by atoms with van der Waals surface area (Å²) in [6.45, 7) is 0.642. The summed E-state index contributed by atoms with van der Waals surface area (Å²) in [5, 5.41) is 13.1. The molecule has 4 N–H and O–H groups in total. The van der Waals surface area contributed by atoms with Crippen LogP contribution in [0.1, 0.15) is 52.2 Å². The van der Waals surface area contributed by atoms with E-state index in [1.54, 1.807) is 30.3 Å². The zero-order valence-electron chi connectivity index (χ0n) is 21.2. The van der Waals surface area contributed by atoms with E-state index in [1.165, 1.54) is 18.2 Å². The Morgan fingerprint density at radius 2 is 1.98 bits per heavy atom. The molecule has 0 bridgehead atoms. The molecule has 3 aromatic carbocycles. The van der Waals surface area contributed by atoms with Crippen molar-refractivity contribution < 1.29 is 19.1 Å². The van der Waals surface area contributed by atoms with Crippen LogP contribution in [0.2, 0.25) is 10.0 Å². The van der Waals surface area contributed by atoms with Crippen molar-refractivity contribution in [3.8, 4) is 0 Å². The summed E-state index contributed by atoms with van der Waals surface area (Å²) in [4.78, 5) is 33.3. The van der Waals surface area contributed by atoms with E-state index in [2.05, 4.69) is 10.2 Å². The number of carbonyl (C=O) groups is 2. The first-order valence-electron chi connectivity index (χ1n) is 13.2. The van der Waals surface area contributed by atoms with Crippen LogP contribution in [-0.4, -0.2) is 46.2 Å². The molecule has 40 heavy (non-hydrogen) atoms. The molecule has 4 aliphatic rings. The number of nitrogens with two attached hydrogens (primary N) is 1. The van der Waals surface area contributed by atoms with Crippen LogP contribution in [-0.2, 0) is 10.3 Å². The maximum atomic E-state index is 15.9. The molecule has 0 aromatic heterocycles. The number of aliphatic imine (C=N–C) groups is 1. The molecule has 0 radical (unpaired) electrons. The molecule has 3 aromatic rings. The van der Waals surface area contributed by atoms with Gasteiger partial charge in [0.2, 0.25) is 5.91 Å². The molecule has 4 atom stereocenters. The van der Waals surface area contributed by atoms with Crippen molar-refractivity contribution in [2.24, 2.45) is 10.9 Å². The number of nitrogens with one attached hydrogen (secondary N) is 1. The number of likely N-dealkylation sites (tertiary alicyclic amines) is 1. The third kappa shape index (κ3) is 3.62. The van der Waals surface area contributed by atoms with E-state index in [-0.39, 0.29) is 22.5 Å². The highest BCUT2D eigenvalue weighted by atomic mass is 35.5. The lowest BCUT2D eigenvalue weighted by Gasteiger charge is -2.40. The predicted octanol–water partition coefficient (Wildman–Crippen LogP) is 5.70. The Balaban J connectivity index is 1.47. The van der Waals surface area contributed by atoms with E-state index < -0.39 is 29.3 Å². The zero-order chi connectivity index (χ0) is 27.9. The van der Waals surface area contributed by atoms with Gasteiger partial charge in [-0.1, -0.05) is 41.4 Å². The van der Waals surface area contributed by atoms with Crippen LogP contribution in [0.3, 0.4) is 0 Å². The van der Waals surface area contributed by atoms with Gasteiger partial charge in [-0.3, -0.25) is 14.7 Å². The van der Waals surface area contributed by atoms with Crippen LogP contribution < -0.4 is 11.1 Å². The third-order valence-electron chi connectivity index (χ3n) is 8.81. The minimum Gasteiger partial charge on any atom is -0.478 e. The Labute approximate surface area is 239 Å². The van der Waals surface area contributed by atoms with Gasteiger partial charge >= 0.3 is 5.97 Å². The first-order chi connectivity index (χ1) is 19.2. The van der Waals surface area contributed by atoms with Crippen LogP contribution in [0.4, 0.5) is 15.8 Å². The lowest BCUT2D eigenvalue weighted by atomic mass is 9.73. The van der Waals surface area contributed by atoms with E-state index in [4.69, 9.17) is 33.9 Å². The van der Waals surface area contributed by atoms with Crippen molar-refractivity contribution in [1.29, 1.82) is 0 Å². The highest BCUT2D eigenvalue weighted by molar-refractivity contribution is 6.31. The summed E-state index contributed by atoms with van der Waals surface area (Å²) in [6.07, 6.45) is 2.54. The molecular weight excluding hydrogens is 554 g/mol. The number of hydrogen-bond acceptors (Lipinski definition) is 5. The van der Waals surface area contributed by atoms with Gasteiger partial charge in [0.1, 0.15) is 11.4 Å². The number of carbonyl (C=O) groups excluding carboxylic acids is 1. The molecule has 0 unspecified atom stereocenters. The largest absolute Gasteiger partial charge is 0.478 e. The maximum absolute atomic E-state index is 15.9. The van der Waals surface area contributed by atoms with Crippen molar-refractivity contribution in [2.75, 3.05) is 17.6 Å². The Hall–Kier alpha value is -3.46. The highest BCUT2D eigenvalue weighted by Gasteiger charge is 2.68. The number of carboxylic acids is 1. The second kappa shape index (κ2) is 9.03. The Bertz CT molecular complexity index is 1640. The second-order valence-corrected chi connectivity index (χ2v) is 11.9. The minimum atomic E-state index is -1.23. The van der Waals surface area contributed by atoms with Gasteiger partial charge in [0.15, 0.2) is 0 Å². The number of fused-ring (bicyclic) bond motifs is 3. The molecule has 1 spiro atoms. The molecule has 1 aliphatic carbocycles. The van der Waals surface area contributed by atoms with Gasteiger partial charge in [0.05, 0.1) is 16.6 Å². The molecule has 1 saturated carbocycles. The van der Waals surface area contributed by atoms with Gasteiger partial charge in [-0.25, -0.2) is 9.18 Å². The summed E-state index contributed by atoms with van der Waals surface area (Å²) in [7, 11) is 0. The maximum Gasteiger partial charge on any atom is 0.335 e. The van der Waals surface area contributed by atoms with Crippen LogP contribution >= 0.6 is 23.2 Å². The molecule has 7 nitrogen and oxygen atoms in total. The SMILES string of the molecule is Nc1ccc(C(=O)O)cc1C1=N[C@@H]2[C@H](C1)N(CC1CC1)[C@@]1(C(=O)Nc3cc(Cl)ccc31)[C@H]2c1cccc(Cl)c1F. The van der Waals surface area contributed by atoms with E-state index in [9.17, 15) is 14.7 Å². The molecule has 2 fully saturated rings. The van der Waals surface area contributed by atoms with Crippen molar-refractivity contribution in [3.63, 3.8) is 0 Å². The summed E-state index contributed by atoms with van der Waals surface area (Å²) in [6, 6.07) is 14.0. The van der Waals surface area contributed by atoms with E-state index in [0.29, 0.717) is 52.1 Å². The van der Waals surface area contributed by atoms with Crippen LogP contribution in [0, 0.1) is 11.7 Å². The fourth-order valence-electron chi connectivity index (χ4n) is 6.95. The number of amides is 1. The molecule has 204 valence electrons. The molecular formula is C30H25Cl2FN4O3. The molecule has 7 rings (SSSR count). The third-order valence-corrected chi connectivity index (χ3v) is 9.34. The first kappa shape index (κ1) is 25.5. The lowest BCUT2D eigenvalue weighted by molar-refractivity contribution is -0.128. The fraction of sp³-hybridized carbons (Fsp3) is 0.300. The quantitative estimate of drug-likeness (QED) is 0.336. The molecule has 3 heterocycles. The lowest BCUT2D eigenvalue weighted by Crippen LogP contribution is -2.53. The van der Waals surface area contributed by atoms with E-state index in [0.717, 1.165) is 18.4 Å². The van der Waals surface area contributed by atoms with Crippen LogP contribution in [0.15, 0.2) is 59.6 Å². The number of nitrogen functional groups attached to an aromatic ring is 1. The summed E-state index contributed by atoms with van der Waals surface area (Å²) in [5.74, 6) is -2.18. The average molecular weight is 579 g/mol. The van der Waals surface area contributed by atoms with Gasteiger partial charge < -0.3 is 16.2 Å². The fourth-order valence-corrected chi connectivity index (χ4v) is 7.30. The van der Waals surface area contributed by atoms with Gasteiger partial charge in [0.25, 0.3) is 0 Å². The van der Waals surface area contributed by atoms with Crippen LogP contribution in [0.5, 0.6) is 0 Å². The second-order valence-electron chi connectivity index (χ2n) is 11.1. The molecule has 1 saturated heterocycles. The number of rotatable bonds is 5. The molecule has 1 amide bonds. The topological polar surface area (TPSA) is 108 Å². The number of carboxylic acid groups (broad SMARTS) is 1. The van der Waals surface area contributed by atoms with Crippen molar-refractivity contribution in [3.05, 3.63) is 92.7 Å². The van der Waals surface area contributed by atoms with Crippen molar-refractivity contribution in [2.45, 2.75) is 42.8 Å². The monoisotopic (exact) mass is 578 g/mol. The van der Waals surface area contributed by atoms with Crippen molar-refractivity contribution in [1.82, 2.24) is 4.90 Å². The Morgan fingerprint density at radius 1 is 1.18 bits per heavy atom. The van der Waals surface area contributed by atoms with Crippen LogP contribution in [0.25, 0.3) is 0 Å². The Kier molecular flexibility index (Phi) is 5.75. The minimum absolute atomic E-state index is 0.0276. The highest BCUT2D eigenvalue weighted by Crippen LogP contribution is 2.61. The van der Waals surface area contributed by atoms with Gasteiger partial charge in [0, 0.05) is 58.2 Å². The van der Waals surface area contributed by atoms with Crippen molar-refractivity contribution >= 4 is 52.2 Å².